The van der Waals surface area contributed by atoms with Crippen LogP contribution in [0.5, 0.6) is 0 Å². The van der Waals surface area contributed by atoms with Gasteiger partial charge < -0.3 is 9.88 Å². The number of hydrogen-bond acceptors (Lipinski definition) is 3. The zero-order valence-electron chi connectivity index (χ0n) is 9.37. The van der Waals surface area contributed by atoms with Crippen LogP contribution in [0.15, 0.2) is 6.20 Å². The monoisotopic (exact) mass is 213 g/mol. The van der Waals surface area contributed by atoms with E-state index in [1.54, 1.807) is 0 Å². The SMILES string of the molecule is CCSCC(C)Nc1nc(C)cn1C. The first kappa shape index (κ1) is 11.4. The first-order valence-electron chi connectivity index (χ1n) is 4.97. The van der Waals surface area contributed by atoms with Crippen LogP contribution in [-0.4, -0.2) is 27.1 Å². The first-order valence-corrected chi connectivity index (χ1v) is 6.13. The topological polar surface area (TPSA) is 29.9 Å². The Morgan fingerprint density at radius 1 is 1.64 bits per heavy atom. The van der Waals surface area contributed by atoms with Crippen molar-refractivity contribution < 1.29 is 0 Å². The Morgan fingerprint density at radius 2 is 2.36 bits per heavy atom. The largest absolute Gasteiger partial charge is 0.352 e. The molecule has 1 unspecified atom stereocenters. The van der Waals surface area contributed by atoms with Gasteiger partial charge in [-0.25, -0.2) is 4.98 Å². The van der Waals surface area contributed by atoms with E-state index in [1.165, 1.54) is 5.75 Å². The molecular formula is C10H19N3S. The smallest absolute Gasteiger partial charge is 0.203 e. The summed E-state index contributed by atoms with van der Waals surface area (Å²) < 4.78 is 2.03. The van der Waals surface area contributed by atoms with Crippen LogP contribution >= 0.6 is 11.8 Å². The number of aromatic nitrogens is 2. The van der Waals surface area contributed by atoms with Gasteiger partial charge in [0.1, 0.15) is 0 Å². The Bertz CT molecular complexity index is 283. The van der Waals surface area contributed by atoms with Gasteiger partial charge in [0.2, 0.25) is 5.95 Å². The van der Waals surface area contributed by atoms with Gasteiger partial charge in [-0.2, -0.15) is 11.8 Å². The van der Waals surface area contributed by atoms with Crippen molar-refractivity contribution in [1.82, 2.24) is 9.55 Å². The molecule has 1 aromatic heterocycles. The van der Waals surface area contributed by atoms with Crippen molar-refractivity contribution in [2.24, 2.45) is 7.05 Å². The Morgan fingerprint density at radius 3 is 2.86 bits per heavy atom. The van der Waals surface area contributed by atoms with E-state index < -0.39 is 0 Å². The molecule has 1 heterocycles. The van der Waals surface area contributed by atoms with E-state index in [2.05, 4.69) is 24.1 Å². The van der Waals surface area contributed by atoms with Crippen molar-refractivity contribution in [2.45, 2.75) is 26.8 Å². The molecule has 1 aromatic rings. The fraction of sp³-hybridized carbons (Fsp3) is 0.700. The molecule has 1 rings (SSSR count). The molecule has 3 nitrogen and oxygen atoms in total. The summed E-state index contributed by atoms with van der Waals surface area (Å²) in [6.07, 6.45) is 2.03. The normalized spacial score (nSPS) is 12.9. The van der Waals surface area contributed by atoms with Crippen molar-refractivity contribution in [2.75, 3.05) is 16.8 Å². The maximum atomic E-state index is 4.40. The lowest BCUT2D eigenvalue weighted by atomic mass is 10.4. The summed E-state index contributed by atoms with van der Waals surface area (Å²) in [4.78, 5) is 4.40. The van der Waals surface area contributed by atoms with Crippen molar-refractivity contribution in [1.29, 1.82) is 0 Å². The predicted molar refractivity (Wildman–Crippen MR) is 64.0 cm³/mol. The third-order valence-corrected chi connectivity index (χ3v) is 3.09. The molecule has 0 aliphatic rings. The van der Waals surface area contributed by atoms with Gasteiger partial charge in [-0.1, -0.05) is 6.92 Å². The summed E-state index contributed by atoms with van der Waals surface area (Å²) in [6, 6.07) is 0.473. The molecule has 0 bridgehead atoms. The van der Waals surface area contributed by atoms with Gasteiger partial charge in [0.05, 0.1) is 5.69 Å². The van der Waals surface area contributed by atoms with Gasteiger partial charge in [0.15, 0.2) is 0 Å². The minimum absolute atomic E-state index is 0.473. The molecule has 0 amide bonds. The fourth-order valence-corrected chi connectivity index (χ4v) is 1.98. The Balaban J connectivity index is 2.47. The highest BCUT2D eigenvalue weighted by Gasteiger charge is 2.06. The van der Waals surface area contributed by atoms with Gasteiger partial charge in [-0.05, 0) is 19.6 Å². The van der Waals surface area contributed by atoms with Crippen LogP contribution in [0.1, 0.15) is 19.5 Å². The van der Waals surface area contributed by atoms with Crippen molar-refractivity contribution in [3.63, 3.8) is 0 Å². The zero-order chi connectivity index (χ0) is 10.6. The van der Waals surface area contributed by atoms with Crippen LogP contribution in [0, 0.1) is 6.92 Å². The molecule has 1 N–H and O–H groups in total. The highest BCUT2D eigenvalue weighted by atomic mass is 32.2. The summed E-state index contributed by atoms with van der Waals surface area (Å²) in [5, 5.41) is 3.40. The van der Waals surface area contributed by atoms with Crippen LogP contribution in [0.25, 0.3) is 0 Å². The molecule has 0 fully saturated rings. The fourth-order valence-electron chi connectivity index (χ4n) is 1.31. The van der Waals surface area contributed by atoms with E-state index in [-0.39, 0.29) is 0 Å². The van der Waals surface area contributed by atoms with Gasteiger partial charge in [0, 0.05) is 25.0 Å². The number of imidazole rings is 1. The van der Waals surface area contributed by atoms with Crippen molar-refractivity contribution in [3.8, 4) is 0 Å². The van der Waals surface area contributed by atoms with Crippen LogP contribution < -0.4 is 5.32 Å². The average Bonchev–Trinajstić information content (AvgIpc) is 2.42. The second-order valence-corrected chi connectivity index (χ2v) is 4.84. The van der Waals surface area contributed by atoms with Crippen molar-refractivity contribution in [3.05, 3.63) is 11.9 Å². The Hall–Kier alpha value is -0.640. The lowest BCUT2D eigenvalue weighted by Crippen LogP contribution is -2.20. The number of anilines is 1. The highest BCUT2D eigenvalue weighted by Crippen LogP contribution is 2.10. The average molecular weight is 213 g/mol. The lowest BCUT2D eigenvalue weighted by molar-refractivity contribution is 0.840. The summed E-state index contributed by atoms with van der Waals surface area (Å²) in [6.45, 7) is 6.38. The van der Waals surface area contributed by atoms with Crippen molar-refractivity contribution >= 4 is 17.7 Å². The van der Waals surface area contributed by atoms with Crippen LogP contribution in [0.3, 0.4) is 0 Å². The molecular weight excluding hydrogens is 194 g/mol. The lowest BCUT2D eigenvalue weighted by Gasteiger charge is -2.13. The van der Waals surface area contributed by atoms with E-state index >= 15 is 0 Å². The summed E-state index contributed by atoms with van der Waals surface area (Å²) in [7, 11) is 2.02. The predicted octanol–water partition coefficient (Wildman–Crippen LogP) is 2.28. The molecule has 0 aromatic carbocycles. The van der Waals surface area contributed by atoms with Crippen LogP contribution in [0.2, 0.25) is 0 Å². The van der Waals surface area contributed by atoms with E-state index in [9.17, 15) is 0 Å². The number of rotatable bonds is 5. The number of aryl methyl sites for hydroxylation is 2. The number of nitrogens with zero attached hydrogens (tertiary/aromatic N) is 2. The molecule has 0 aliphatic heterocycles. The van der Waals surface area contributed by atoms with E-state index in [4.69, 9.17) is 0 Å². The van der Waals surface area contributed by atoms with Crippen LogP contribution in [-0.2, 0) is 7.05 Å². The summed E-state index contributed by atoms with van der Waals surface area (Å²) >= 11 is 1.95. The summed E-state index contributed by atoms with van der Waals surface area (Å²) in [5.41, 5.74) is 1.06. The third-order valence-electron chi connectivity index (χ3n) is 1.94. The number of hydrogen-bond donors (Lipinski definition) is 1. The second kappa shape index (κ2) is 5.29. The molecule has 4 heteroatoms. The molecule has 0 aliphatic carbocycles. The summed E-state index contributed by atoms with van der Waals surface area (Å²) in [5.74, 6) is 3.26. The molecule has 0 saturated carbocycles. The second-order valence-electron chi connectivity index (χ2n) is 3.52. The minimum atomic E-state index is 0.473. The van der Waals surface area contributed by atoms with E-state index in [0.29, 0.717) is 6.04 Å². The van der Waals surface area contributed by atoms with Gasteiger partial charge in [0.25, 0.3) is 0 Å². The van der Waals surface area contributed by atoms with E-state index in [1.807, 2.05) is 36.5 Å². The van der Waals surface area contributed by atoms with E-state index in [0.717, 1.165) is 17.4 Å². The number of nitrogens with one attached hydrogen (secondary N) is 1. The quantitative estimate of drug-likeness (QED) is 0.814. The Labute approximate surface area is 90.3 Å². The van der Waals surface area contributed by atoms with Gasteiger partial charge >= 0.3 is 0 Å². The van der Waals surface area contributed by atoms with Crippen LogP contribution in [0.4, 0.5) is 5.95 Å². The molecule has 14 heavy (non-hydrogen) atoms. The zero-order valence-corrected chi connectivity index (χ0v) is 10.2. The molecule has 0 spiro atoms. The van der Waals surface area contributed by atoms with Gasteiger partial charge in [-0.15, -0.1) is 0 Å². The maximum Gasteiger partial charge on any atom is 0.203 e. The molecule has 0 saturated heterocycles. The highest BCUT2D eigenvalue weighted by molar-refractivity contribution is 7.99. The molecule has 1 atom stereocenters. The standard InChI is InChI=1S/C10H19N3S/c1-5-14-7-9(3)12-10-11-8(2)6-13(10)4/h6,9H,5,7H2,1-4H3,(H,11,12). The number of thioether (sulfide) groups is 1. The maximum absolute atomic E-state index is 4.40. The molecule has 0 radical (unpaired) electrons. The Kier molecular flexibility index (Phi) is 4.32. The van der Waals surface area contributed by atoms with Gasteiger partial charge in [-0.3, -0.25) is 0 Å². The minimum Gasteiger partial charge on any atom is -0.352 e. The first-order chi connectivity index (χ1) is 6.63. The third kappa shape index (κ3) is 3.25. The molecule has 80 valence electrons.